The molecule has 1 aromatic rings. The zero-order chi connectivity index (χ0) is 13.3. The van der Waals surface area contributed by atoms with E-state index in [1.54, 1.807) is 0 Å². The van der Waals surface area contributed by atoms with Gasteiger partial charge in [-0.25, -0.2) is 0 Å². The summed E-state index contributed by atoms with van der Waals surface area (Å²) in [5.41, 5.74) is 1.84. The summed E-state index contributed by atoms with van der Waals surface area (Å²) >= 11 is 3.69. The fraction of sp³-hybridized carbons (Fsp3) is 0.625. The summed E-state index contributed by atoms with van der Waals surface area (Å²) in [7, 11) is 0. The molecule has 2 fully saturated rings. The summed E-state index contributed by atoms with van der Waals surface area (Å²) in [5, 5.41) is 3.69. The topological polar surface area (TPSA) is 15.3 Å². The predicted octanol–water partition coefficient (Wildman–Crippen LogP) is 3.56. The second-order valence-electron chi connectivity index (χ2n) is 6.19. The van der Waals surface area contributed by atoms with Crippen LogP contribution in [0.2, 0.25) is 0 Å². The Kier molecular flexibility index (Phi) is 3.97. The normalized spacial score (nSPS) is 26.9. The monoisotopic (exact) mass is 322 g/mol. The van der Waals surface area contributed by atoms with Crippen molar-refractivity contribution >= 4 is 15.9 Å². The van der Waals surface area contributed by atoms with Crippen LogP contribution in [0.15, 0.2) is 28.7 Å². The van der Waals surface area contributed by atoms with Crippen LogP contribution in [0.3, 0.4) is 0 Å². The minimum Gasteiger partial charge on any atom is -0.311 e. The molecule has 1 atom stereocenters. The first-order valence-electron chi connectivity index (χ1n) is 7.41. The van der Waals surface area contributed by atoms with Crippen LogP contribution < -0.4 is 5.32 Å². The number of rotatable bonds is 2. The predicted molar refractivity (Wildman–Crippen MR) is 83.2 cm³/mol. The molecule has 0 radical (unpaired) electrons. The molecule has 1 saturated carbocycles. The maximum atomic E-state index is 3.69. The largest absolute Gasteiger partial charge is 0.311 e. The van der Waals surface area contributed by atoms with Crippen molar-refractivity contribution in [2.45, 2.75) is 50.7 Å². The van der Waals surface area contributed by atoms with Crippen molar-refractivity contribution in [1.82, 2.24) is 10.2 Å². The Labute approximate surface area is 124 Å². The maximum Gasteiger partial charge on any atom is 0.0338 e. The number of halogens is 1. The summed E-state index contributed by atoms with van der Waals surface area (Å²) in [5.74, 6) is 0. The van der Waals surface area contributed by atoms with Crippen LogP contribution in [0.4, 0.5) is 0 Å². The smallest absolute Gasteiger partial charge is 0.0338 e. The number of nitrogens with zero attached hydrogens (tertiary/aromatic N) is 1. The van der Waals surface area contributed by atoms with Crippen molar-refractivity contribution in [2.75, 3.05) is 13.1 Å². The average Bonchev–Trinajstić information content (AvgIpc) is 2.87. The van der Waals surface area contributed by atoms with E-state index in [0.29, 0.717) is 11.6 Å². The minimum absolute atomic E-state index is 0.418. The van der Waals surface area contributed by atoms with Crippen molar-refractivity contribution in [3.63, 3.8) is 0 Å². The van der Waals surface area contributed by atoms with Crippen LogP contribution in [-0.4, -0.2) is 29.6 Å². The molecular formula is C16H23BrN2. The third kappa shape index (κ3) is 2.74. The summed E-state index contributed by atoms with van der Waals surface area (Å²) < 4.78 is 1.24. The first-order chi connectivity index (χ1) is 9.20. The highest BCUT2D eigenvalue weighted by Gasteiger charge is 2.42. The number of hydrogen-bond donors (Lipinski definition) is 1. The van der Waals surface area contributed by atoms with E-state index in [4.69, 9.17) is 0 Å². The second-order valence-corrected chi connectivity index (χ2v) is 7.04. The molecule has 1 saturated heterocycles. The molecule has 0 amide bonds. The van der Waals surface area contributed by atoms with Crippen LogP contribution in [0.25, 0.3) is 0 Å². The number of hydrogen-bond acceptors (Lipinski definition) is 2. The molecule has 3 heteroatoms. The van der Waals surface area contributed by atoms with Crippen molar-refractivity contribution < 1.29 is 0 Å². The van der Waals surface area contributed by atoms with E-state index >= 15 is 0 Å². The maximum absolute atomic E-state index is 3.69. The SMILES string of the molecule is CC1CN(Cc2ccccc2Br)C2(CCCC2)CN1. The fourth-order valence-electron chi connectivity index (χ4n) is 3.66. The van der Waals surface area contributed by atoms with Crippen molar-refractivity contribution in [3.05, 3.63) is 34.3 Å². The van der Waals surface area contributed by atoms with Gasteiger partial charge in [0.1, 0.15) is 0 Å². The highest BCUT2D eigenvalue weighted by molar-refractivity contribution is 9.10. The molecule has 1 aromatic carbocycles. The van der Waals surface area contributed by atoms with Gasteiger partial charge < -0.3 is 5.32 Å². The van der Waals surface area contributed by atoms with Gasteiger partial charge in [-0.3, -0.25) is 4.90 Å². The molecule has 104 valence electrons. The quantitative estimate of drug-likeness (QED) is 0.895. The van der Waals surface area contributed by atoms with E-state index < -0.39 is 0 Å². The Bertz CT molecular complexity index is 440. The van der Waals surface area contributed by atoms with E-state index in [9.17, 15) is 0 Å². The third-order valence-corrected chi connectivity index (χ3v) is 5.57. The Morgan fingerprint density at radius 2 is 2.05 bits per heavy atom. The molecule has 2 aliphatic rings. The molecule has 3 rings (SSSR count). The van der Waals surface area contributed by atoms with Gasteiger partial charge in [-0.1, -0.05) is 47.0 Å². The van der Waals surface area contributed by atoms with Crippen molar-refractivity contribution in [1.29, 1.82) is 0 Å². The molecule has 1 aliphatic heterocycles. The van der Waals surface area contributed by atoms with Gasteiger partial charge in [0.25, 0.3) is 0 Å². The molecule has 2 nitrogen and oxygen atoms in total. The molecule has 19 heavy (non-hydrogen) atoms. The first-order valence-corrected chi connectivity index (χ1v) is 8.21. The number of benzene rings is 1. The lowest BCUT2D eigenvalue weighted by Gasteiger charge is -2.48. The zero-order valence-electron chi connectivity index (χ0n) is 11.7. The number of nitrogens with one attached hydrogen (secondary N) is 1. The molecule has 1 spiro atoms. The van der Waals surface area contributed by atoms with E-state index in [-0.39, 0.29) is 0 Å². The van der Waals surface area contributed by atoms with E-state index in [2.05, 4.69) is 57.3 Å². The van der Waals surface area contributed by atoms with Crippen molar-refractivity contribution in [3.8, 4) is 0 Å². The standard InChI is InChI=1S/C16H23BrN2/c1-13-10-19(11-14-6-2-3-7-15(14)17)16(12-18-13)8-4-5-9-16/h2-3,6-7,13,18H,4-5,8-12H2,1H3. The molecule has 1 unspecified atom stereocenters. The molecular weight excluding hydrogens is 300 g/mol. The summed E-state index contributed by atoms with van der Waals surface area (Å²) in [6.07, 6.45) is 5.50. The highest BCUT2D eigenvalue weighted by atomic mass is 79.9. The Morgan fingerprint density at radius 1 is 1.32 bits per heavy atom. The van der Waals surface area contributed by atoms with Gasteiger partial charge in [0.15, 0.2) is 0 Å². The van der Waals surface area contributed by atoms with Crippen LogP contribution >= 0.6 is 15.9 Å². The first kappa shape index (κ1) is 13.6. The van der Waals surface area contributed by atoms with Gasteiger partial charge in [0.05, 0.1) is 0 Å². The lowest BCUT2D eigenvalue weighted by molar-refractivity contribution is 0.0391. The Hall–Kier alpha value is -0.380. The third-order valence-electron chi connectivity index (χ3n) is 4.80. The molecule has 1 N–H and O–H groups in total. The molecule has 1 heterocycles. The van der Waals surface area contributed by atoms with Crippen LogP contribution in [0, 0.1) is 0 Å². The summed E-state index contributed by atoms with van der Waals surface area (Å²) in [4.78, 5) is 2.74. The van der Waals surface area contributed by atoms with E-state index in [1.165, 1.54) is 48.8 Å². The Morgan fingerprint density at radius 3 is 2.79 bits per heavy atom. The second kappa shape index (κ2) is 5.55. The molecule has 1 aliphatic carbocycles. The van der Waals surface area contributed by atoms with Gasteiger partial charge in [-0.15, -0.1) is 0 Å². The zero-order valence-corrected chi connectivity index (χ0v) is 13.2. The van der Waals surface area contributed by atoms with E-state index in [0.717, 1.165) is 6.54 Å². The minimum atomic E-state index is 0.418. The van der Waals surface area contributed by atoms with Crippen molar-refractivity contribution in [2.24, 2.45) is 0 Å². The van der Waals surface area contributed by atoms with Gasteiger partial charge in [-0.2, -0.15) is 0 Å². The fourth-order valence-corrected chi connectivity index (χ4v) is 4.07. The molecule has 0 bridgehead atoms. The van der Waals surface area contributed by atoms with Gasteiger partial charge in [-0.05, 0) is 31.4 Å². The lowest BCUT2D eigenvalue weighted by atomic mass is 9.90. The Balaban J connectivity index is 1.81. The van der Waals surface area contributed by atoms with Crippen LogP contribution in [0.5, 0.6) is 0 Å². The lowest BCUT2D eigenvalue weighted by Crippen LogP contribution is -2.62. The highest BCUT2D eigenvalue weighted by Crippen LogP contribution is 2.38. The van der Waals surface area contributed by atoms with Gasteiger partial charge in [0, 0.05) is 35.7 Å². The molecule has 0 aromatic heterocycles. The number of piperazine rings is 1. The van der Waals surface area contributed by atoms with Crippen LogP contribution in [-0.2, 0) is 6.54 Å². The average molecular weight is 323 g/mol. The van der Waals surface area contributed by atoms with Gasteiger partial charge >= 0.3 is 0 Å². The summed E-state index contributed by atoms with van der Waals surface area (Å²) in [6.45, 7) is 5.71. The van der Waals surface area contributed by atoms with Crippen LogP contribution in [0.1, 0.15) is 38.2 Å². The van der Waals surface area contributed by atoms with E-state index in [1.807, 2.05) is 0 Å². The summed E-state index contributed by atoms with van der Waals surface area (Å²) in [6, 6.07) is 9.25. The van der Waals surface area contributed by atoms with Gasteiger partial charge in [0.2, 0.25) is 0 Å².